The minimum absolute atomic E-state index is 0.648. The molecule has 0 saturated carbocycles. The average Bonchev–Trinajstić information content (AvgIpc) is 2.77. The van der Waals surface area contributed by atoms with Crippen molar-refractivity contribution in [1.82, 2.24) is 10.3 Å². The lowest BCUT2D eigenvalue weighted by Gasteiger charge is -2.08. The van der Waals surface area contributed by atoms with Gasteiger partial charge in [-0.05, 0) is 38.2 Å². The third-order valence-corrected chi connectivity index (χ3v) is 3.41. The van der Waals surface area contributed by atoms with Gasteiger partial charge < -0.3 is 10.6 Å². The van der Waals surface area contributed by atoms with Crippen LogP contribution in [-0.4, -0.2) is 16.6 Å². The van der Waals surface area contributed by atoms with Crippen LogP contribution in [-0.2, 0) is 0 Å². The number of nitrogens with one attached hydrogen (secondary N) is 2. The molecule has 5 heteroatoms. The van der Waals surface area contributed by atoms with Gasteiger partial charge in [0.15, 0.2) is 5.11 Å². The summed E-state index contributed by atoms with van der Waals surface area (Å²) in [5.41, 5.74) is 3.13. The number of thiazole rings is 1. The zero-order valence-electron chi connectivity index (χ0n) is 10.4. The third kappa shape index (κ3) is 3.27. The van der Waals surface area contributed by atoms with E-state index in [0.717, 1.165) is 28.5 Å². The molecule has 1 aromatic heterocycles. The van der Waals surface area contributed by atoms with Crippen LogP contribution in [0.4, 0.5) is 5.69 Å². The van der Waals surface area contributed by atoms with E-state index in [9.17, 15) is 0 Å². The maximum absolute atomic E-state index is 5.13. The predicted molar refractivity (Wildman–Crippen MR) is 82.2 cm³/mol. The second kappa shape index (κ2) is 5.93. The Kier molecular flexibility index (Phi) is 4.28. The van der Waals surface area contributed by atoms with Crippen molar-refractivity contribution in [3.8, 4) is 11.3 Å². The standard InChI is InChI=1S/C13H15N3S2/c1-3-14-13(17)16-11-6-4-10(5-7-11)12-8-18-9(2)15-12/h4-8H,3H2,1-2H3,(H2,14,16,17). The van der Waals surface area contributed by atoms with Crippen molar-refractivity contribution in [1.29, 1.82) is 0 Å². The highest BCUT2D eigenvalue weighted by atomic mass is 32.1. The summed E-state index contributed by atoms with van der Waals surface area (Å²) in [5, 5.41) is 9.98. The Morgan fingerprint density at radius 1 is 1.33 bits per heavy atom. The molecule has 18 heavy (non-hydrogen) atoms. The summed E-state index contributed by atoms with van der Waals surface area (Å²) in [7, 11) is 0. The van der Waals surface area contributed by atoms with Gasteiger partial charge in [0.05, 0.1) is 10.7 Å². The smallest absolute Gasteiger partial charge is 0.170 e. The van der Waals surface area contributed by atoms with E-state index in [-0.39, 0.29) is 0 Å². The molecule has 0 spiro atoms. The molecule has 0 aliphatic rings. The first-order valence-corrected chi connectivity index (χ1v) is 7.05. The molecule has 0 saturated heterocycles. The number of rotatable bonds is 3. The SMILES string of the molecule is CCNC(=S)Nc1ccc(-c2csc(C)n2)cc1. The number of thiocarbonyl (C=S) groups is 1. The van der Waals surface area contributed by atoms with Gasteiger partial charge in [-0.15, -0.1) is 11.3 Å². The van der Waals surface area contributed by atoms with Crippen LogP contribution in [0.5, 0.6) is 0 Å². The molecule has 0 aliphatic carbocycles. The molecule has 0 amide bonds. The van der Waals surface area contributed by atoms with Crippen molar-refractivity contribution >= 4 is 34.4 Å². The van der Waals surface area contributed by atoms with Crippen molar-refractivity contribution in [3.63, 3.8) is 0 Å². The summed E-state index contributed by atoms with van der Waals surface area (Å²) in [6, 6.07) is 8.11. The number of hydrogen-bond donors (Lipinski definition) is 2. The minimum atomic E-state index is 0.648. The zero-order chi connectivity index (χ0) is 13.0. The molecule has 2 aromatic rings. The lowest BCUT2D eigenvalue weighted by molar-refractivity contribution is 0.979. The number of benzene rings is 1. The topological polar surface area (TPSA) is 37.0 Å². The van der Waals surface area contributed by atoms with E-state index in [1.54, 1.807) is 11.3 Å². The van der Waals surface area contributed by atoms with Crippen molar-refractivity contribution < 1.29 is 0 Å². The Morgan fingerprint density at radius 3 is 2.61 bits per heavy atom. The Morgan fingerprint density at radius 2 is 2.06 bits per heavy atom. The van der Waals surface area contributed by atoms with Gasteiger partial charge in [-0.25, -0.2) is 4.98 Å². The van der Waals surface area contributed by atoms with Crippen LogP contribution in [0.2, 0.25) is 0 Å². The summed E-state index contributed by atoms with van der Waals surface area (Å²) < 4.78 is 0. The van der Waals surface area contributed by atoms with E-state index in [0.29, 0.717) is 5.11 Å². The molecule has 0 radical (unpaired) electrons. The molecule has 3 nitrogen and oxygen atoms in total. The lowest BCUT2D eigenvalue weighted by Crippen LogP contribution is -2.27. The van der Waals surface area contributed by atoms with E-state index in [2.05, 4.69) is 21.0 Å². The Balaban J connectivity index is 2.08. The van der Waals surface area contributed by atoms with E-state index in [1.165, 1.54) is 0 Å². The van der Waals surface area contributed by atoms with Crippen LogP contribution in [0.3, 0.4) is 0 Å². The van der Waals surface area contributed by atoms with Gasteiger partial charge in [0.2, 0.25) is 0 Å². The largest absolute Gasteiger partial charge is 0.363 e. The summed E-state index contributed by atoms with van der Waals surface area (Å²) in [4.78, 5) is 4.46. The molecule has 0 atom stereocenters. The fraction of sp³-hybridized carbons (Fsp3) is 0.231. The number of nitrogens with zero attached hydrogens (tertiary/aromatic N) is 1. The van der Waals surface area contributed by atoms with Gasteiger partial charge in [-0.2, -0.15) is 0 Å². The van der Waals surface area contributed by atoms with E-state index < -0.39 is 0 Å². The second-order valence-corrected chi connectivity index (χ2v) is 5.28. The maximum atomic E-state index is 5.13. The summed E-state index contributed by atoms with van der Waals surface area (Å²) >= 11 is 6.80. The second-order valence-electron chi connectivity index (χ2n) is 3.81. The van der Waals surface area contributed by atoms with Gasteiger partial charge in [-0.1, -0.05) is 12.1 Å². The van der Waals surface area contributed by atoms with Crippen LogP contribution >= 0.6 is 23.6 Å². The third-order valence-electron chi connectivity index (χ3n) is 2.39. The highest BCUT2D eigenvalue weighted by molar-refractivity contribution is 7.80. The highest BCUT2D eigenvalue weighted by Gasteiger charge is 2.02. The van der Waals surface area contributed by atoms with Crippen LogP contribution in [0.1, 0.15) is 11.9 Å². The molecular weight excluding hydrogens is 262 g/mol. The number of anilines is 1. The van der Waals surface area contributed by atoms with E-state index >= 15 is 0 Å². The molecule has 1 heterocycles. The fourth-order valence-electron chi connectivity index (χ4n) is 1.56. The van der Waals surface area contributed by atoms with Crippen LogP contribution in [0.15, 0.2) is 29.6 Å². The lowest BCUT2D eigenvalue weighted by atomic mass is 10.1. The van der Waals surface area contributed by atoms with Gasteiger partial charge in [0.1, 0.15) is 0 Å². The van der Waals surface area contributed by atoms with Crippen LogP contribution in [0.25, 0.3) is 11.3 Å². The van der Waals surface area contributed by atoms with Gasteiger partial charge in [0, 0.05) is 23.2 Å². The normalized spacial score (nSPS) is 10.1. The first-order chi connectivity index (χ1) is 8.69. The molecule has 0 bridgehead atoms. The molecule has 1 aromatic carbocycles. The molecular formula is C13H15N3S2. The van der Waals surface area contributed by atoms with Crippen molar-refractivity contribution in [3.05, 3.63) is 34.7 Å². The van der Waals surface area contributed by atoms with Gasteiger partial charge in [-0.3, -0.25) is 0 Å². The van der Waals surface area contributed by atoms with E-state index in [4.69, 9.17) is 12.2 Å². The molecule has 94 valence electrons. The Hall–Kier alpha value is -1.46. The first-order valence-electron chi connectivity index (χ1n) is 5.76. The minimum Gasteiger partial charge on any atom is -0.363 e. The molecule has 2 rings (SSSR count). The predicted octanol–water partition coefficient (Wildman–Crippen LogP) is 3.42. The number of hydrogen-bond acceptors (Lipinski definition) is 3. The quantitative estimate of drug-likeness (QED) is 0.843. The molecule has 0 aliphatic heterocycles. The van der Waals surface area contributed by atoms with Gasteiger partial charge >= 0.3 is 0 Å². The number of aryl methyl sites for hydroxylation is 1. The monoisotopic (exact) mass is 277 g/mol. The van der Waals surface area contributed by atoms with Crippen LogP contribution in [0, 0.1) is 6.92 Å². The summed E-state index contributed by atoms with van der Waals surface area (Å²) in [5.74, 6) is 0. The maximum Gasteiger partial charge on any atom is 0.170 e. The molecule has 0 unspecified atom stereocenters. The average molecular weight is 277 g/mol. The Labute approximate surface area is 116 Å². The zero-order valence-corrected chi connectivity index (χ0v) is 12.0. The van der Waals surface area contributed by atoms with Crippen molar-refractivity contribution in [2.24, 2.45) is 0 Å². The summed E-state index contributed by atoms with van der Waals surface area (Å²) in [6.45, 7) is 4.85. The van der Waals surface area contributed by atoms with Gasteiger partial charge in [0.25, 0.3) is 0 Å². The molecule has 0 fully saturated rings. The highest BCUT2D eigenvalue weighted by Crippen LogP contribution is 2.22. The molecule has 2 N–H and O–H groups in total. The van der Waals surface area contributed by atoms with E-state index in [1.807, 2.05) is 38.1 Å². The van der Waals surface area contributed by atoms with Crippen molar-refractivity contribution in [2.45, 2.75) is 13.8 Å². The first kappa shape index (κ1) is 13.0. The number of aromatic nitrogens is 1. The fourth-order valence-corrected chi connectivity index (χ4v) is 2.44. The van der Waals surface area contributed by atoms with Crippen molar-refractivity contribution in [2.75, 3.05) is 11.9 Å². The summed E-state index contributed by atoms with van der Waals surface area (Å²) in [6.07, 6.45) is 0. The van der Waals surface area contributed by atoms with Crippen LogP contribution < -0.4 is 10.6 Å². The Bertz CT molecular complexity index is 531.